The molecule has 1 aromatic carbocycles. The Morgan fingerprint density at radius 1 is 1.58 bits per heavy atom. The van der Waals surface area contributed by atoms with E-state index in [0.717, 1.165) is 18.2 Å². The molecule has 102 valence electrons. The van der Waals surface area contributed by atoms with Crippen molar-refractivity contribution in [1.82, 2.24) is 4.72 Å². The van der Waals surface area contributed by atoms with Crippen molar-refractivity contribution >= 4 is 16.0 Å². The summed E-state index contributed by atoms with van der Waals surface area (Å²) in [6.07, 6.45) is -0.420. The van der Waals surface area contributed by atoms with Gasteiger partial charge in [-0.25, -0.2) is 17.5 Å². The van der Waals surface area contributed by atoms with Crippen molar-refractivity contribution in [3.05, 3.63) is 29.6 Å². The van der Waals surface area contributed by atoms with Crippen LogP contribution in [-0.4, -0.2) is 25.5 Å². The van der Waals surface area contributed by atoms with Gasteiger partial charge in [-0.15, -0.1) is 0 Å². The molecule has 0 fully saturated rings. The van der Waals surface area contributed by atoms with Gasteiger partial charge in [0.2, 0.25) is 10.0 Å². The highest BCUT2D eigenvalue weighted by Crippen LogP contribution is 2.18. The molecule has 0 saturated carbocycles. The number of aliphatic carboxylic acids is 1. The molecule has 19 heavy (non-hydrogen) atoms. The fourth-order valence-electron chi connectivity index (χ4n) is 1.47. The van der Waals surface area contributed by atoms with Gasteiger partial charge >= 0.3 is 5.97 Å². The summed E-state index contributed by atoms with van der Waals surface area (Å²) in [6, 6.07) is 3.81. The van der Waals surface area contributed by atoms with E-state index in [2.05, 4.69) is 4.72 Å². The summed E-state index contributed by atoms with van der Waals surface area (Å²) in [5, 5.41) is 17.3. The number of nitriles is 1. The topological polar surface area (TPSA) is 107 Å². The molecule has 1 aromatic rings. The number of carboxylic acids is 1. The van der Waals surface area contributed by atoms with Gasteiger partial charge in [-0.2, -0.15) is 5.26 Å². The summed E-state index contributed by atoms with van der Waals surface area (Å²) in [7, 11) is -4.15. The number of carbonyl (C=O) groups is 1. The third kappa shape index (κ3) is 3.74. The Hall–Kier alpha value is -1.98. The van der Waals surface area contributed by atoms with Crippen molar-refractivity contribution in [1.29, 1.82) is 5.26 Å². The largest absolute Gasteiger partial charge is 0.481 e. The first-order valence-corrected chi connectivity index (χ1v) is 6.69. The van der Waals surface area contributed by atoms with Crippen LogP contribution in [0.4, 0.5) is 4.39 Å². The Morgan fingerprint density at radius 3 is 2.74 bits per heavy atom. The molecule has 0 saturated heterocycles. The van der Waals surface area contributed by atoms with Crippen molar-refractivity contribution < 1.29 is 22.7 Å². The summed E-state index contributed by atoms with van der Waals surface area (Å²) >= 11 is 0. The van der Waals surface area contributed by atoms with Crippen molar-refractivity contribution in [2.24, 2.45) is 0 Å². The highest BCUT2D eigenvalue weighted by molar-refractivity contribution is 7.89. The smallest absolute Gasteiger partial charge is 0.304 e. The average molecular weight is 286 g/mol. The molecule has 0 aromatic heterocycles. The number of nitrogens with one attached hydrogen (secondary N) is 1. The van der Waals surface area contributed by atoms with Crippen LogP contribution in [0.2, 0.25) is 0 Å². The van der Waals surface area contributed by atoms with Crippen molar-refractivity contribution in [2.75, 3.05) is 0 Å². The second-order valence-electron chi connectivity index (χ2n) is 3.84. The molecule has 1 atom stereocenters. The third-order valence-corrected chi connectivity index (χ3v) is 3.85. The van der Waals surface area contributed by atoms with Crippen LogP contribution in [0, 0.1) is 17.1 Å². The van der Waals surface area contributed by atoms with Gasteiger partial charge in [0.25, 0.3) is 0 Å². The Labute approximate surface area is 109 Å². The molecule has 8 heteroatoms. The number of halogens is 1. The van der Waals surface area contributed by atoms with Gasteiger partial charge in [-0.3, -0.25) is 4.79 Å². The molecule has 0 amide bonds. The maximum Gasteiger partial charge on any atom is 0.304 e. The zero-order valence-electron chi connectivity index (χ0n) is 9.92. The molecule has 2 N–H and O–H groups in total. The van der Waals surface area contributed by atoms with E-state index in [1.165, 1.54) is 13.0 Å². The number of sulfonamides is 1. The van der Waals surface area contributed by atoms with E-state index in [-0.39, 0.29) is 0 Å². The monoisotopic (exact) mass is 286 g/mol. The Morgan fingerprint density at radius 2 is 2.21 bits per heavy atom. The summed E-state index contributed by atoms with van der Waals surface area (Å²) in [5.41, 5.74) is -0.600. The molecule has 6 nitrogen and oxygen atoms in total. The highest BCUT2D eigenvalue weighted by Gasteiger charge is 2.23. The summed E-state index contributed by atoms with van der Waals surface area (Å²) in [4.78, 5) is 9.95. The second-order valence-corrected chi connectivity index (χ2v) is 5.53. The molecule has 0 spiro atoms. The standard InChI is InChI=1S/C11H11FN2O4S/c1-7(5-11(15)16)14-19(17,18)10-4-2-3-9(12)8(10)6-13/h2-4,7,14H,5H2,1H3,(H,15,16). The van der Waals surface area contributed by atoms with Gasteiger partial charge in [0, 0.05) is 6.04 Å². The molecule has 0 aliphatic rings. The van der Waals surface area contributed by atoms with Gasteiger partial charge in [-0.05, 0) is 19.1 Å². The fourth-order valence-corrected chi connectivity index (χ4v) is 2.88. The molecule has 1 rings (SSSR count). The molecule has 0 aliphatic heterocycles. The van der Waals surface area contributed by atoms with Crippen LogP contribution in [0.15, 0.2) is 23.1 Å². The van der Waals surface area contributed by atoms with Gasteiger partial charge in [0.05, 0.1) is 6.42 Å². The number of nitrogens with zero attached hydrogens (tertiary/aromatic N) is 1. The van der Waals surface area contributed by atoms with E-state index < -0.39 is 44.7 Å². The fraction of sp³-hybridized carbons (Fsp3) is 0.273. The lowest BCUT2D eigenvalue weighted by Crippen LogP contribution is -2.34. The number of hydrogen-bond donors (Lipinski definition) is 2. The van der Waals surface area contributed by atoms with E-state index in [1.54, 1.807) is 0 Å². The van der Waals surface area contributed by atoms with Gasteiger partial charge in [0.1, 0.15) is 22.3 Å². The first kappa shape index (κ1) is 15.1. The van der Waals surface area contributed by atoms with Crippen LogP contribution in [-0.2, 0) is 14.8 Å². The number of rotatable bonds is 5. The lowest BCUT2D eigenvalue weighted by atomic mass is 10.2. The lowest BCUT2D eigenvalue weighted by Gasteiger charge is -2.13. The number of benzene rings is 1. The SMILES string of the molecule is CC(CC(=O)O)NS(=O)(=O)c1cccc(F)c1C#N. The van der Waals surface area contributed by atoms with Gasteiger partial charge in [0.15, 0.2) is 0 Å². The van der Waals surface area contributed by atoms with Crippen molar-refractivity contribution in [3.8, 4) is 6.07 Å². The Bertz CT molecular complexity index is 637. The summed E-state index contributed by atoms with van der Waals surface area (Å²) in [6.45, 7) is 1.36. The maximum atomic E-state index is 13.3. The van der Waals surface area contributed by atoms with Crippen LogP contribution < -0.4 is 4.72 Å². The van der Waals surface area contributed by atoms with Crippen molar-refractivity contribution in [2.45, 2.75) is 24.3 Å². The van der Waals surface area contributed by atoms with E-state index in [9.17, 15) is 17.6 Å². The second kappa shape index (κ2) is 5.77. The predicted octanol–water partition coefficient (Wildman–Crippen LogP) is 0.839. The molecule has 0 heterocycles. The number of hydrogen-bond acceptors (Lipinski definition) is 4. The van der Waals surface area contributed by atoms with E-state index in [1.807, 2.05) is 0 Å². The Kier molecular flexibility index (Phi) is 4.58. The first-order valence-electron chi connectivity index (χ1n) is 5.20. The molecular weight excluding hydrogens is 275 g/mol. The Balaban J connectivity index is 3.12. The van der Waals surface area contributed by atoms with Crippen LogP contribution in [0.5, 0.6) is 0 Å². The van der Waals surface area contributed by atoms with E-state index in [4.69, 9.17) is 10.4 Å². The van der Waals surface area contributed by atoms with Crippen molar-refractivity contribution in [3.63, 3.8) is 0 Å². The van der Waals surface area contributed by atoms with Crippen LogP contribution in [0.25, 0.3) is 0 Å². The molecule has 0 aliphatic carbocycles. The quantitative estimate of drug-likeness (QED) is 0.834. The summed E-state index contributed by atoms with van der Waals surface area (Å²) in [5.74, 6) is -2.12. The highest BCUT2D eigenvalue weighted by atomic mass is 32.2. The molecule has 1 unspecified atom stereocenters. The lowest BCUT2D eigenvalue weighted by molar-refractivity contribution is -0.137. The minimum atomic E-state index is -4.15. The maximum absolute atomic E-state index is 13.3. The van der Waals surface area contributed by atoms with E-state index >= 15 is 0 Å². The average Bonchev–Trinajstić information content (AvgIpc) is 2.26. The minimum absolute atomic E-state index is 0.420. The first-order chi connectivity index (χ1) is 8.77. The van der Waals surface area contributed by atoms with Crippen LogP contribution in [0.1, 0.15) is 18.9 Å². The summed E-state index contributed by atoms with van der Waals surface area (Å²) < 4.78 is 39.3. The zero-order valence-corrected chi connectivity index (χ0v) is 10.7. The minimum Gasteiger partial charge on any atom is -0.481 e. The molecular formula is C11H11FN2O4S. The third-order valence-electron chi connectivity index (χ3n) is 2.21. The van der Waals surface area contributed by atoms with E-state index in [0.29, 0.717) is 0 Å². The van der Waals surface area contributed by atoms with Crippen LogP contribution >= 0.6 is 0 Å². The van der Waals surface area contributed by atoms with Gasteiger partial charge in [-0.1, -0.05) is 6.07 Å². The molecule has 0 bridgehead atoms. The van der Waals surface area contributed by atoms with Gasteiger partial charge < -0.3 is 5.11 Å². The normalized spacial score (nSPS) is 12.7. The predicted molar refractivity (Wildman–Crippen MR) is 63.2 cm³/mol. The zero-order chi connectivity index (χ0) is 14.6. The molecule has 0 radical (unpaired) electrons. The van der Waals surface area contributed by atoms with Crippen LogP contribution in [0.3, 0.4) is 0 Å². The number of carboxylic acid groups (broad SMARTS) is 1.